The average molecular weight is 430 g/mol. The largest absolute Gasteiger partial charge is 0.360 e. The predicted molar refractivity (Wildman–Crippen MR) is 120 cm³/mol. The molecular formula is C20H27N7S2. The highest BCUT2D eigenvalue weighted by Crippen LogP contribution is 2.30. The van der Waals surface area contributed by atoms with Gasteiger partial charge in [0.15, 0.2) is 10.3 Å². The van der Waals surface area contributed by atoms with Crippen LogP contribution in [0.1, 0.15) is 51.9 Å². The molecule has 9 heteroatoms. The maximum atomic E-state index is 5.52. The van der Waals surface area contributed by atoms with Crippen LogP contribution >= 0.6 is 24.0 Å². The average Bonchev–Trinajstić information content (AvgIpc) is 3.22. The highest BCUT2D eigenvalue weighted by molar-refractivity contribution is 7.99. The summed E-state index contributed by atoms with van der Waals surface area (Å²) in [5.74, 6) is 1.45. The van der Waals surface area contributed by atoms with E-state index in [0.29, 0.717) is 28.3 Å². The van der Waals surface area contributed by atoms with E-state index >= 15 is 0 Å². The second kappa shape index (κ2) is 9.67. The minimum Gasteiger partial charge on any atom is -0.360 e. The molecule has 2 aliphatic rings. The lowest BCUT2D eigenvalue weighted by Crippen LogP contribution is -2.39. The molecule has 1 saturated heterocycles. The number of aromatic nitrogens is 4. The maximum absolute atomic E-state index is 5.52. The molecule has 0 radical (unpaired) electrons. The van der Waals surface area contributed by atoms with E-state index < -0.39 is 0 Å². The van der Waals surface area contributed by atoms with Crippen molar-refractivity contribution in [1.29, 1.82) is 0 Å². The van der Waals surface area contributed by atoms with Crippen LogP contribution in [0.5, 0.6) is 0 Å². The van der Waals surface area contributed by atoms with E-state index in [1.54, 1.807) is 12.4 Å². The second-order valence-corrected chi connectivity index (χ2v) is 9.04. The van der Waals surface area contributed by atoms with Crippen molar-refractivity contribution in [1.82, 2.24) is 25.3 Å². The number of thiocarbonyl (C=S) groups is 1. The third-order valence-electron chi connectivity index (χ3n) is 5.44. The van der Waals surface area contributed by atoms with Gasteiger partial charge in [0, 0.05) is 37.1 Å². The summed E-state index contributed by atoms with van der Waals surface area (Å²) in [4.78, 5) is 20.4. The van der Waals surface area contributed by atoms with E-state index in [1.807, 2.05) is 12.1 Å². The smallest absolute Gasteiger partial charge is 0.232 e. The van der Waals surface area contributed by atoms with Crippen molar-refractivity contribution >= 4 is 40.9 Å². The van der Waals surface area contributed by atoms with Crippen molar-refractivity contribution in [3.63, 3.8) is 0 Å². The van der Waals surface area contributed by atoms with E-state index in [-0.39, 0.29) is 0 Å². The molecule has 2 N–H and O–H groups in total. The number of piperidine rings is 1. The molecule has 29 heavy (non-hydrogen) atoms. The normalized spacial score (nSPS) is 19.9. The van der Waals surface area contributed by atoms with Crippen molar-refractivity contribution < 1.29 is 0 Å². The van der Waals surface area contributed by atoms with Crippen LogP contribution in [0.2, 0.25) is 0 Å². The van der Waals surface area contributed by atoms with Crippen LogP contribution in [0.15, 0.2) is 34.7 Å². The zero-order valence-corrected chi connectivity index (χ0v) is 18.3. The molecule has 1 atom stereocenters. The summed E-state index contributed by atoms with van der Waals surface area (Å²) in [6.45, 7) is 3.27. The number of hydrogen-bond donors (Lipinski definition) is 2. The fourth-order valence-electron chi connectivity index (χ4n) is 3.93. The lowest BCUT2D eigenvalue weighted by Gasteiger charge is -2.34. The standard InChI is InChI=1S/C20H27N7S2/c1-14-7-4-5-12-27(14)16-13-17(29-20-21-10-6-11-22-20)25-18(24-16)26-19(28)23-15-8-2-3-9-15/h6,10-11,13-15H,2-5,7-9,12H2,1H3,(H2,23,24,25,26,28). The van der Waals surface area contributed by atoms with Crippen LogP contribution < -0.4 is 15.5 Å². The summed E-state index contributed by atoms with van der Waals surface area (Å²) in [6, 6.07) is 4.75. The SMILES string of the molecule is CC1CCCCN1c1cc(Sc2ncccn2)nc(NC(=S)NC2CCCC2)n1. The zero-order valence-electron chi connectivity index (χ0n) is 16.7. The van der Waals surface area contributed by atoms with Crippen molar-refractivity contribution in [3.05, 3.63) is 24.5 Å². The van der Waals surface area contributed by atoms with Gasteiger partial charge < -0.3 is 15.5 Å². The van der Waals surface area contributed by atoms with Gasteiger partial charge in [-0.2, -0.15) is 4.98 Å². The summed E-state index contributed by atoms with van der Waals surface area (Å²) >= 11 is 6.96. The molecule has 154 valence electrons. The van der Waals surface area contributed by atoms with Crippen molar-refractivity contribution in [2.45, 2.75) is 74.1 Å². The van der Waals surface area contributed by atoms with E-state index in [1.165, 1.54) is 56.7 Å². The molecule has 0 spiro atoms. The summed E-state index contributed by atoms with van der Waals surface area (Å²) in [7, 11) is 0. The van der Waals surface area contributed by atoms with Crippen LogP contribution in [0.3, 0.4) is 0 Å². The Kier molecular flexibility index (Phi) is 6.76. The lowest BCUT2D eigenvalue weighted by atomic mass is 10.0. The van der Waals surface area contributed by atoms with Crippen LogP contribution in [0.4, 0.5) is 11.8 Å². The molecule has 2 aromatic rings. The topological polar surface area (TPSA) is 78.9 Å². The first-order chi connectivity index (χ1) is 14.2. The van der Waals surface area contributed by atoms with Gasteiger partial charge in [0.05, 0.1) is 0 Å². The molecule has 1 aliphatic heterocycles. The van der Waals surface area contributed by atoms with Gasteiger partial charge in [-0.1, -0.05) is 12.8 Å². The summed E-state index contributed by atoms with van der Waals surface area (Å²) in [5.41, 5.74) is 0. The highest BCUT2D eigenvalue weighted by Gasteiger charge is 2.22. The van der Waals surface area contributed by atoms with Crippen LogP contribution in [0, 0.1) is 0 Å². The van der Waals surface area contributed by atoms with Gasteiger partial charge in [0.1, 0.15) is 10.8 Å². The Balaban J connectivity index is 1.55. The first-order valence-corrected chi connectivity index (χ1v) is 11.6. The first-order valence-electron chi connectivity index (χ1n) is 10.4. The van der Waals surface area contributed by atoms with Crippen molar-refractivity contribution in [2.75, 3.05) is 16.8 Å². The van der Waals surface area contributed by atoms with Crippen LogP contribution in [-0.2, 0) is 0 Å². The second-order valence-electron chi connectivity index (χ2n) is 7.64. The number of hydrogen-bond acceptors (Lipinski definition) is 7. The van der Waals surface area contributed by atoms with E-state index in [9.17, 15) is 0 Å². The molecule has 0 amide bonds. The fraction of sp³-hybridized carbons (Fsp3) is 0.550. The number of anilines is 2. The van der Waals surface area contributed by atoms with E-state index in [2.05, 4.69) is 37.4 Å². The van der Waals surface area contributed by atoms with Gasteiger partial charge in [-0.3, -0.25) is 0 Å². The highest BCUT2D eigenvalue weighted by atomic mass is 32.2. The van der Waals surface area contributed by atoms with Crippen molar-refractivity contribution in [3.8, 4) is 0 Å². The minimum atomic E-state index is 0.451. The third kappa shape index (κ3) is 5.54. The van der Waals surface area contributed by atoms with Gasteiger partial charge in [0.25, 0.3) is 0 Å². The van der Waals surface area contributed by atoms with Crippen LogP contribution in [-0.4, -0.2) is 43.7 Å². The minimum absolute atomic E-state index is 0.451. The number of rotatable bonds is 5. The Morgan fingerprint density at radius 2 is 1.86 bits per heavy atom. The molecule has 7 nitrogen and oxygen atoms in total. The lowest BCUT2D eigenvalue weighted by molar-refractivity contribution is 0.480. The molecule has 4 rings (SSSR count). The predicted octanol–water partition coefficient (Wildman–Crippen LogP) is 4.03. The maximum Gasteiger partial charge on any atom is 0.232 e. The fourth-order valence-corrected chi connectivity index (χ4v) is 4.90. The Morgan fingerprint density at radius 1 is 1.10 bits per heavy atom. The Bertz CT molecular complexity index is 827. The molecule has 1 saturated carbocycles. The molecule has 2 fully saturated rings. The molecule has 1 aliphatic carbocycles. The Labute approximate surface area is 181 Å². The summed E-state index contributed by atoms with van der Waals surface area (Å²) in [6.07, 6.45) is 12.0. The van der Waals surface area contributed by atoms with Gasteiger partial charge in [-0.15, -0.1) is 0 Å². The van der Waals surface area contributed by atoms with Gasteiger partial charge in [-0.25, -0.2) is 15.0 Å². The first kappa shape index (κ1) is 20.3. The number of nitrogens with zero attached hydrogens (tertiary/aromatic N) is 5. The monoisotopic (exact) mass is 429 g/mol. The van der Waals surface area contributed by atoms with Gasteiger partial charge in [0.2, 0.25) is 5.95 Å². The zero-order chi connectivity index (χ0) is 20.1. The quantitative estimate of drug-likeness (QED) is 0.416. The summed E-state index contributed by atoms with van der Waals surface area (Å²) in [5, 5.41) is 8.67. The molecule has 0 aromatic carbocycles. The Hall–Kier alpha value is -2.00. The van der Waals surface area contributed by atoms with E-state index in [4.69, 9.17) is 17.2 Å². The molecule has 0 bridgehead atoms. The van der Waals surface area contributed by atoms with Crippen LogP contribution in [0.25, 0.3) is 0 Å². The Morgan fingerprint density at radius 3 is 2.62 bits per heavy atom. The third-order valence-corrected chi connectivity index (χ3v) is 6.47. The van der Waals surface area contributed by atoms with Crippen molar-refractivity contribution in [2.24, 2.45) is 0 Å². The summed E-state index contributed by atoms with van der Waals surface area (Å²) < 4.78 is 0. The van der Waals surface area contributed by atoms with Gasteiger partial charge in [-0.05, 0) is 69.1 Å². The molecule has 3 heterocycles. The van der Waals surface area contributed by atoms with E-state index in [0.717, 1.165) is 17.4 Å². The molecule has 2 aromatic heterocycles. The number of nitrogens with one attached hydrogen (secondary N) is 2. The molecular weight excluding hydrogens is 402 g/mol. The van der Waals surface area contributed by atoms with Gasteiger partial charge >= 0.3 is 0 Å². The molecule has 1 unspecified atom stereocenters.